The summed E-state index contributed by atoms with van der Waals surface area (Å²) in [6, 6.07) is 8.53. The molecule has 0 aliphatic rings. The highest BCUT2D eigenvalue weighted by Crippen LogP contribution is 2.20. The second-order valence-corrected chi connectivity index (χ2v) is 5.44. The largest absolute Gasteiger partial charge is 0.481 e. The van der Waals surface area contributed by atoms with Crippen LogP contribution >= 0.6 is 0 Å². The third kappa shape index (κ3) is 4.39. The molecule has 1 unspecified atom stereocenters. The summed E-state index contributed by atoms with van der Waals surface area (Å²) in [5.41, 5.74) is 2.21. The molecule has 2 aromatic rings. The average Bonchev–Trinajstić information content (AvgIpc) is 3.05. The van der Waals surface area contributed by atoms with Crippen LogP contribution < -0.4 is 0 Å². The number of rotatable bonds is 8. The maximum absolute atomic E-state index is 10.5. The number of hydrogen-bond donors (Lipinski definition) is 1. The van der Waals surface area contributed by atoms with E-state index in [9.17, 15) is 4.79 Å². The van der Waals surface area contributed by atoms with Gasteiger partial charge in [0, 0.05) is 12.5 Å². The van der Waals surface area contributed by atoms with Crippen molar-refractivity contribution in [2.75, 3.05) is 13.6 Å². The number of aromatic nitrogens is 3. The lowest BCUT2D eigenvalue weighted by Crippen LogP contribution is -2.23. The molecule has 1 N–H and O–H groups in total. The molecule has 0 bridgehead atoms. The van der Waals surface area contributed by atoms with Gasteiger partial charge in [-0.2, -0.15) is 5.10 Å². The van der Waals surface area contributed by atoms with Crippen molar-refractivity contribution >= 4 is 5.97 Å². The Morgan fingerprint density at radius 1 is 1.32 bits per heavy atom. The molecule has 0 spiro atoms. The Bertz CT molecular complexity index is 581. The maximum Gasteiger partial charge on any atom is 0.303 e. The van der Waals surface area contributed by atoms with Crippen molar-refractivity contribution in [2.24, 2.45) is 0 Å². The molecule has 1 aromatic carbocycles. The lowest BCUT2D eigenvalue weighted by atomic mass is 10.1. The van der Waals surface area contributed by atoms with Gasteiger partial charge in [0.25, 0.3) is 0 Å². The van der Waals surface area contributed by atoms with E-state index in [0.717, 1.165) is 25.1 Å². The molecule has 0 aliphatic carbocycles. The fraction of sp³-hybridized carbons (Fsp3) is 0.438. The van der Waals surface area contributed by atoms with E-state index in [1.807, 2.05) is 12.1 Å². The fourth-order valence-electron chi connectivity index (χ4n) is 2.33. The second-order valence-electron chi connectivity index (χ2n) is 5.44. The zero-order valence-electron chi connectivity index (χ0n) is 13.0. The Kier molecular flexibility index (Phi) is 5.66. The number of nitrogens with zero attached hydrogens (tertiary/aromatic N) is 4. The monoisotopic (exact) mass is 302 g/mol. The molecule has 1 heterocycles. The Balaban J connectivity index is 1.88. The number of carbonyl (C=O) groups is 1. The van der Waals surface area contributed by atoms with Crippen LogP contribution in [0.1, 0.15) is 37.8 Å². The zero-order valence-corrected chi connectivity index (χ0v) is 13.0. The van der Waals surface area contributed by atoms with Crippen molar-refractivity contribution in [2.45, 2.75) is 32.2 Å². The third-order valence-corrected chi connectivity index (χ3v) is 3.87. The van der Waals surface area contributed by atoms with E-state index in [1.54, 1.807) is 11.0 Å². The Labute approximate surface area is 130 Å². The third-order valence-electron chi connectivity index (χ3n) is 3.87. The first-order valence-electron chi connectivity index (χ1n) is 7.45. The smallest absolute Gasteiger partial charge is 0.303 e. The minimum atomic E-state index is -0.723. The molecule has 0 radical (unpaired) electrons. The van der Waals surface area contributed by atoms with Crippen molar-refractivity contribution in [3.8, 4) is 5.69 Å². The van der Waals surface area contributed by atoms with Gasteiger partial charge in [0.2, 0.25) is 0 Å². The Hall–Kier alpha value is -2.21. The van der Waals surface area contributed by atoms with Crippen molar-refractivity contribution < 1.29 is 9.90 Å². The molecule has 0 aliphatic heterocycles. The molecular formula is C16H22N4O2. The first kappa shape index (κ1) is 16.2. The van der Waals surface area contributed by atoms with E-state index in [2.05, 4.69) is 41.1 Å². The van der Waals surface area contributed by atoms with Gasteiger partial charge in [-0.05, 0) is 51.1 Å². The van der Waals surface area contributed by atoms with Crippen molar-refractivity contribution in [1.29, 1.82) is 0 Å². The Morgan fingerprint density at radius 2 is 2.05 bits per heavy atom. The van der Waals surface area contributed by atoms with Gasteiger partial charge in [-0.25, -0.2) is 9.67 Å². The van der Waals surface area contributed by atoms with Gasteiger partial charge in [0.1, 0.15) is 12.7 Å². The molecule has 0 saturated heterocycles. The predicted molar refractivity (Wildman–Crippen MR) is 83.9 cm³/mol. The number of carboxylic acid groups (broad SMARTS) is 1. The molecular weight excluding hydrogens is 280 g/mol. The zero-order chi connectivity index (χ0) is 15.9. The van der Waals surface area contributed by atoms with Crippen LogP contribution in [0.2, 0.25) is 0 Å². The summed E-state index contributed by atoms with van der Waals surface area (Å²) >= 11 is 0. The van der Waals surface area contributed by atoms with E-state index >= 15 is 0 Å². The van der Waals surface area contributed by atoms with Gasteiger partial charge in [0.05, 0.1) is 5.69 Å². The van der Waals surface area contributed by atoms with Crippen molar-refractivity contribution in [3.63, 3.8) is 0 Å². The fourth-order valence-corrected chi connectivity index (χ4v) is 2.33. The van der Waals surface area contributed by atoms with E-state index in [1.165, 1.54) is 11.9 Å². The first-order chi connectivity index (χ1) is 10.6. The van der Waals surface area contributed by atoms with Gasteiger partial charge in [-0.1, -0.05) is 12.1 Å². The number of unbranched alkanes of at least 4 members (excludes halogenated alkanes) is 1. The van der Waals surface area contributed by atoms with Crippen LogP contribution in [0.15, 0.2) is 36.9 Å². The lowest BCUT2D eigenvalue weighted by molar-refractivity contribution is -0.137. The predicted octanol–water partition coefficient (Wildman–Crippen LogP) is 2.51. The Morgan fingerprint density at radius 3 is 2.64 bits per heavy atom. The first-order valence-corrected chi connectivity index (χ1v) is 7.45. The van der Waals surface area contributed by atoms with Gasteiger partial charge in [-0.3, -0.25) is 9.69 Å². The van der Waals surface area contributed by atoms with E-state index in [-0.39, 0.29) is 12.5 Å². The molecule has 0 saturated carbocycles. The van der Waals surface area contributed by atoms with Crippen LogP contribution in [-0.4, -0.2) is 44.3 Å². The van der Waals surface area contributed by atoms with Gasteiger partial charge < -0.3 is 5.11 Å². The maximum atomic E-state index is 10.5. The van der Waals surface area contributed by atoms with Crippen molar-refractivity contribution in [1.82, 2.24) is 19.7 Å². The summed E-state index contributed by atoms with van der Waals surface area (Å²) in [4.78, 5) is 16.7. The molecule has 0 fully saturated rings. The lowest BCUT2D eigenvalue weighted by Gasteiger charge is -2.25. The van der Waals surface area contributed by atoms with E-state index in [4.69, 9.17) is 5.11 Å². The van der Waals surface area contributed by atoms with Crippen LogP contribution in [-0.2, 0) is 4.79 Å². The summed E-state index contributed by atoms with van der Waals surface area (Å²) in [6.07, 6.45) is 5.05. The van der Waals surface area contributed by atoms with Crippen LogP contribution in [0.25, 0.3) is 5.69 Å². The standard InChI is InChI=1S/C16H22N4O2/c1-13(19(2)10-4-3-5-16(21)22)14-6-8-15(9-7-14)20-12-17-11-18-20/h6-9,11-13H,3-5,10H2,1-2H3,(H,21,22). The van der Waals surface area contributed by atoms with Crippen LogP contribution in [0.3, 0.4) is 0 Å². The van der Waals surface area contributed by atoms with E-state index in [0.29, 0.717) is 0 Å². The molecule has 22 heavy (non-hydrogen) atoms. The van der Waals surface area contributed by atoms with Crippen molar-refractivity contribution in [3.05, 3.63) is 42.5 Å². The molecule has 1 atom stereocenters. The number of benzene rings is 1. The summed E-state index contributed by atoms with van der Waals surface area (Å²) in [5.74, 6) is -0.723. The average molecular weight is 302 g/mol. The van der Waals surface area contributed by atoms with Gasteiger partial charge in [-0.15, -0.1) is 0 Å². The number of hydrogen-bond acceptors (Lipinski definition) is 4. The van der Waals surface area contributed by atoms with Crippen LogP contribution in [0, 0.1) is 0 Å². The highest BCUT2D eigenvalue weighted by molar-refractivity contribution is 5.66. The molecule has 2 rings (SSSR count). The summed E-state index contributed by atoms with van der Waals surface area (Å²) < 4.78 is 1.73. The molecule has 6 heteroatoms. The van der Waals surface area contributed by atoms with Gasteiger partial charge in [0.15, 0.2) is 0 Å². The summed E-state index contributed by atoms with van der Waals surface area (Å²) in [6.45, 7) is 3.04. The highest BCUT2D eigenvalue weighted by atomic mass is 16.4. The number of aliphatic carboxylic acids is 1. The SMILES string of the molecule is CC(c1ccc(-n2cncn2)cc1)N(C)CCCCC(=O)O. The van der Waals surface area contributed by atoms with Gasteiger partial charge >= 0.3 is 5.97 Å². The second kappa shape index (κ2) is 7.70. The topological polar surface area (TPSA) is 71.2 Å². The molecule has 6 nitrogen and oxygen atoms in total. The molecule has 1 aromatic heterocycles. The van der Waals surface area contributed by atoms with E-state index < -0.39 is 5.97 Å². The minimum absolute atomic E-state index is 0.245. The highest BCUT2D eigenvalue weighted by Gasteiger charge is 2.11. The normalized spacial score (nSPS) is 12.5. The van der Waals surface area contributed by atoms with Crippen LogP contribution in [0.5, 0.6) is 0 Å². The minimum Gasteiger partial charge on any atom is -0.481 e. The quantitative estimate of drug-likeness (QED) is 0.759. The van der Waals surface area contributed by atoms with Crippen LogP contribution in [0.4, 0.5) is 0 Å². The summed E-state index contributed by atoms with van der Waals surface area (Å²) in [5, 5.41) is 12.8. The summed E-state index contributed by atoms with van der Waals surface area (Å²) in [7, 11) is 2.07. The molecule has 0 amide bonds. The molecule has 118 valence electrons. The number of carboxylic acids is 1.